The molecule has 0 bridgehead atoms. The van der Waals surface area contributed by atoms with Crippen LogP contribution in [0, 0.1) is 5.92 Å². The van der Waals surface area contributed by atoms with E-state index in [4.69, 9.17) is 0 Å². The molecular weight excluding hydrogens is 381 g/mol. The first-order valence-electron chi connectivity index (χ1n) is 9.54. The maximum atomic E-state index is 12.7. The molecular formula is C22H25F3N2O2. The van der Waals surface area contributed by atoms with Gasteiger partial charge >= 0.3 is 12.1 Å². The van der Waals surface area contributed by atoms with E-state index in [2.05, 4.69) is 5.10 Å². The molecule has 0 amide bonds. The number of aromatic carboxylic acids is 1. The van der Waals surface area contributed by atoms with E-state index in [1.807, 2.05) is 39.8 Å². The Labute approximate surface area is 168 Å². The largest absolute Gasteiger partial charge is 0.476 e. The predicted octanol–water partition coefficient (Wildman–Crippen LogP) is 6.03. The van der Waals surface area contributed by atoms with Gasteiger partial charge in [-0.1, -0.05) is 52.0 Å². The number of alkyl halides is 3. The van der Waals surface area contributed by atoms with Gasteiger partial charge in [0.25, 0.3) is 0 Å². The van der Waals surface area contributed by atoms with Gasteiger partial charge in [-0.3, -0.25) is 4.68 Å². The number of carbonyl (C=O) groups is 1. The monoisotopic (exact) mass is 406 g/mol. The van der Waals surface area contributed by atoms with Crippen LogP contribution in [0.4, 0.5) is 13.2 Å². The van der Waals surface area contributed by atoms with Crippen molar-refractivity contribution in [1.29, 1.82) is 0 Å². The van der Waals surface area contributed by atoms with Crippen LogP contribution in [0.25, 0.3) is 10.9 Å². The van der Waals surface area contributed by atoms with E-state index in [9.17, 15) is 23.1 Å². The predicted molar refractivity (Wildman–Crippen MR) is 107 cm³/mol. The lowest BCUT2D eigenvalue weighted by molar-refractivity contribution is -0.137. The van der Waals surface area contributed by atoms with E-state index in [0.717, 1.165) is 17.7 Å². The lowest BCUT2D eigenvalue weighted by Gasteiger charge is -2.09. The number of fused-ring (bicyclic) bond motifs is 1. The SMILES string of the molecule is CC.CC(C)Cn1nc(C(=O)O)c2c(Cc3ccc(C(F)(F)F)cc3)cccc21. The molecule has 1 aromatic heterocycles. The van der Waals surface area contributed by atoms with Crippen molar-refractivity contribution in [3.63, 3.8) is 0 Å². The van der Waals surface area contributed by atoms with Gasteiger partial charge in [0.05, 0.1) is 11.1 Å². The summed E-state index contributed by atoms with van der Waals surface area (Å²) >= 11 is 0. The number of rotatable bonds is 5. The maximum absolute atomic E-state index is 12.7. The van der Waals surface area contributed by atoms with E-state index in [0.29, 0.717) is 29.4 Å². The number of halogens is 3. The lowest BCUT2D eigenvalue weighted by Crippen LogP contribution is -2.07. The molecule has 3 aromatic rings. The summed E-state index contributed by atoms with van der Waals surface area (Å²) in [5.74, 6) is -0.837. The van der Waals surface area contributed by atoms with E-state index >= 15 is 0 Å². The van der Waals surface area contributed by atoms with Crippen molar-refractivity contribution in [2.75, 3.05) is 0 Å². The van der Waals surface area contributed by atoms with E-state index < -0.39 is 17.7 Å². The first-order chi connectivity index (χ1) is 13.7. The number of carboxylic acid groups (broad SMARTS) is 1. The molecule has 3 rings (SSSR count). The van der Waals surface area contributed by atoms with Crippen LogP contribution in [-0.2, 0) is 19.1 Å². The third-order valence-electron chi connectivity index (χ3n) is 4.28. The molecule has 156 valence electrons. The Kier molecular flexibility index (Phi) is 7.06. The van der Waals surface area contributed by atoms with Gasteiger partial charge in [-0.05, 0) is 41.7 Å². The molecule has 1 N–H and O–H groups in total. The first kappa shape index (κ1) is 22.5. The van der Waals surface area contributed by atoms with Crippen molar-refractivity contribution in [1.82, 2.24) is 9.78 Å². The van der Waals surface area contributed by atoms with Gasteiger partial charge in [0.2, 0.25) is 0 Å². The average Bonchev–Trinajstić information content (AvgIpc) is 3.02. The molecule has 0 spiro atoms. The van der Waals surface area contributed by atoms with Gasteiger partial charge in [-0.2, -0.15) is 18.3 Å². The fourth-order valence-electron chi connectivity index (χ4n) is 3.11. The third-order valence-corrected chi connectivity index (χ3v) is 4.28. The third kappa shape index (κ3) is 5.16. The number of aromatic nitrogens is 2. The minimum atomic E-state index is -4.38. The summed E-state index contributed by atoms with van der Waals surface area (Å²) in [6, 6.07) is 10.3. The van der Waals surface area contributed by atoms with Gasteiger partial charge in [0.15, 0.2) is 5.69 Å². The summed E-state index contributed by atoms with van der Waals surface area (Å²) in [5.41, 5.74) is 1.36. The molecule has 2 aromatic carbocycles. The van der Waals surface area contributed by atoms with Crippen molar-refractivity contribution in [2.45, 2.75) is 46.8 Å². The molecule has 0 saturated heterocycles. The zero-order chi connectivity index (χ0) is 21.8. The Morgan fingerprint density at radius 1 is 1.10 bits per heavy atom. The second-order valence-electron chi connectivity index (χ2n) is 6.91. The molecule has 29 heavy (non-hydrogen) atoms. The van der Waals surface area contributed by atoms with Crippen LogP contribution in [-0.4, -0.2) is 20.9 Å². The summed E-state index contributed by atoms with van der Waals surface area (Å²) in [6.07, 6.45) is -4.06. The Morgan fingerprint density at radius 3 is 2.24 bits per heavy atom. The smallest absolute Gasteiger partial charge is 0.416 e. The van der Waals surface area contributed by atoms with Crippen molar-refractivity contribution >= 4 is 16.9 Å². The van der Waals surface area contributed by atoms with E-state index in [-0.39, 0.29) is 11.6 Å². The Hall–Kier alpha value is -2.83. The number of hydrogen-bond donors (Lipinski definition) is 1. The van der Waals surface area contributed by atoms with Crippen molar-refractivity contribution in [3.05, 3.63) is 64.8 Å². The number of benzene rings is 2. The molecule has 0 saturated carbocycles. The summed E-state index contributed by atoms with van der Waals surface area (Å²) in [7, 11) is 0. The number of nitrogens with zero attached hydrogens (tertiary/aromatic N) is 2. The normalized spacial score (nSPS) is 11.4. The summed E-state index contributed by atoms with van der Waals surface area (Å²) in [6.45, 7) is 8.60. The zero-order valence-electron chi connectivity index (χ0n) is 16.9. The van der Waals surface area contributed by atoms with Gasteiger partial charge in [-0.25, -0.2) is 4.79 Å². The van der Waals surface area contributed by atoms with Crippen LogP contribution in [0.1, 0.15) is 54.9 Å². The summed E-state index contributed by atoms with van der Waals surface area (Å²) in [5, 5.41) is 14.3. The fraction of sp³-hybridized carbons (Fsp3) is 0.364. The van der Waals surface area contributed by atoms with E-state index in [1.165, 1.54) is 12.1 Å². The average molecular weight is 406 g/mol. The molecule has 1 heterocycles. The highest BCUT2D eigenvalue weighted by atomic mass is 19.4. The van der Waals surface area contributed by atoms with Crippen LogP contribution in [0.5, 0.6) is 0 Å². The minimum absolute atomic E-state index is 0.0341. The standard InChI is InChI=1S/C20H19F3N2O2.C2H6/c1-12(2)11-25-16-5-3-4-14(17(16)18(24-25)19(26)27)10-13-6-8-15(9-7-13)20(21,22)23;1-2/h3-9,12H,10-11H2,1-2H3,(H,26,27);1-2H3. The van der Waals surface area contributed by atoms with Gasteiger partial charge in [0.1, 0.15) is 0 Å². The second-order valence-corrected chi connectivity index (χ2v) is 6.91. The summed E-state index contributed by atoms with van der Waals surface area (Å²) < 4.78 is 39.9. The highest BCUT2D eigenvalue weighted by Gasteiger charge is 2.30. The lowest BCUT2D eigenvalue weighted by atomic mass is 9.99. The topological polar surface area (TPSA) is 55.1 Å². The molecule has 0 fully saturated rings. The first-order valence-corrected chi connectivity index (χ1v) is 9.54. The molecule has 0 unspecified atom stereocenters. The quantitative estimate of drug-likeness (QED) is 0.563. The maximum Gasteiger partial charge on any atom is 0.416 e. The van der Waals surface area contributed by atoms with Crippen LogP contribution in [0.3, 0.4) is 0 Å². The van der Waals surface area contributed by atoms with Gasteiger partial charge < -0.3 is 5.11 Å². The minimum Gasteiger partial charge on any atom is -0.476 e. The fourth-order valence-corrected chi connectivity index (χ4v) is 3.11. The molecule has 7 heteroatoms. The number of hydrogen-bond acceptors (Lipinski definition) is 2. The molecule has 0 aliphatic heterocycles. The number of carboxylic acids is 1. The Balaban J connectivity index is 0.00000145. The second kappa shape index (κ2) is 9.11. The van der Waals surface area contributed by atoms with Crippen molar-refractivity contribution in [2.24, 2.45) is 5.92 Å². The van der Waals surface area contributed by atoms with Crippen molar-refractivity contribution < 1.29 is 23.1 Å². The molecule has 0 radical (unpaired) electrons. The summed E-state index contributed by atoms with van der Waals surface area (Å²) in [4.78, 5) is 11.7. The Morgan fingerprint density at radius 2 is 1.72 bits per heavy atom. The molecule has 0 aliphatic carbocycles. The van der Waals surface area contributed by atoms with Crippen LogP contribution < -0.4 is 0 Å². The van der Waals surface area contributed by atoms with Crippen LogP contribution in [0.2, 0.25) is 0 Å². The zero-order valence-corrected chi connectivity index (χ0v) is 16.9. The van der Waals surface area contributed by atoms with E-state index in [1.54, 1.807) is 10.7 Å². The molecule has 4 nitrogen and oxygen atoms in total. The Bertz CT molecular complexity index is 974. The van der Waals surface area contributed by atoms with Crippen LogP contribution in [0.15, 0.2) is 42.5 Å². The molecule has 0 atom stereocenters. The van der Waals surface area contributed by atoms with Crippen molar-refractivity contribution in [3.8, 4) is 0 Å². The van der Waals surface area contributed by atoms with Gasteiger partial charge in [0, 0.05) is 11.9 Å². The molecule has 0 aliphatic rings. The van der Waals surface area contributed by atoms with Gasteiger partial charge in [-0.15, -0.1) is 0 Å². The highest BCUT2D eigenvalue weighted by Crippen LogP contribution is 2.30. The highest BCUT2D eigenvalue weighted by molar-refractivity contribution is 6.02. The van der Waals surface area contributed by atoms with Crippen LogP contribution >= 0.6 is 0 Å².